The van der Waals surface area contributed by atoms with E-state index in [2.05, 4.69) is 4.98 Å². The molecule has 4 aromatic rings. The van der Waals surface area contributed by atoms with E-state index in [4.69, 9.17) is 11.6 Å². The van der Waals surface area contributed by atoms with Gasteiger partial charge in [-0.05, 0) is 42.0 Å². The number of hydrogen-bond donors (Lipinski definition) is 0. The van der Waals surface area contributed by atoms with Crippen molar-refractivity contribution in [3.05, 3.63) is 83.6 Å². The van der Waals surface area contributed by atoms with Crippen LogP contribution in [0.15, 0.2) is 73.1 Å². The summed E-state index contributed by atoms with van der Waals surface area (Å²) in [6.45, 7) is 0. The molecule has 0 aliphatic heterocycles. The molecule has 0 amide bonds. The molecule has 1 heterocycles. The van der Waals surface area contributed by atoms with Crippen LogP contribution in [-0.4, -0.2) is 9.55 Å². The van der Waals surface area contributed by atoms with E-state index < -0.39 is 11.7 Å². The second-order valence-corrected chi connectivity index (χ2v) is 6.29. The maximum absolute atomic E-state index is 13.4. The SMILES string of the molecule is FC(F)(F)c1cc(-c2cccc(Cl)c2)c2c(c1)ncn2-c1ccccc1. The smallest absolute Gasteiger partial charge is 0.298 e. The molecule has 0 aliphatic carbocycles. The lowest BCUT2D eigenvalue weighted by Crippen LogP contribution is -2.05. The van der Waals surface area contributed by atoms with Crippen LogP contribution < -0.4 is 0 Å². The van der Waals surface area contributed by atoms with Crippen molar-refractivity contribution in [3.63, 3.8) is 0 Å². The monoisotopic (exact) mass is 372 g/mol. The Hall–Kier alpha value is -2.79. The summed E-state index contributed by atoms with van der Waals surface area (Å²) in [5.41, 5.74) is 1.99. The molecule has 0 saturated carbocycles. The molecule has 0 radical (unpaired) electrons. The number of fused-ring (bicyclic) bond motifs is 1. The highest BCUT2D eigenvalue weighted by atomic mass is 35.5. The van der Waals surface area contributed by atoms with Gasteiger partial charge in [0.05, 0.1) is 16.6 Å². The van der Waals surface area contributed by atoms with Gasteiger partial charge in [0.2, 0.25) is 0 Å². The van der Waals surface area contributed by atoms with Gasteiger partial charge < -0.3 is 0 Å². The largest absolute Gasteiger partial charge is 0.416 e. The number of halogens is 4. The molecule has 3 aromatic carbocycles. The van der Waals surface area contributed by atoms with E-state index in [1.807, 2.05) is 30.3 Å². The number of para-hydroxylation sites is 1. The summed E-state index contributed by atoms with van der Waals surface area (Å²) in [7, 11) is 0. The van der Waals surface area contributed by atoms with Crippen molar-refractivity contribution in [1.29, 1.82) is 0 Å². The zero-order valence-corrected chi connectivity index (χ0v) is 14.1. The number of imidazole rings is 1. The van der Waals surface area contributed by atoms with Gasteiger partial charge in [-0.25, -0.2) is 4.98 Å². The first-order valence-corrected chi connectivity index (χ1v) is 8.21. The van der Waals surface area contributed by atoms with Crippen LogP contribution in [0.2, 0.25) is 5.02 Å². The van der Waals surface area contributed by atoms with Crippen molar-refractivity contribution in [2.75, 3.05) is 0 Å². The molecule has 6 heteroatoms. The Bertz CT molecular complexity index is 1090. The maximum atomic E-state index is 13.4. The van der Waals surface area contributed by atoms with Gasteiger partial charge in [0.25, 0.3) is 0 Å². The molecule has 0 unspecified atom stereocenters. The van der Waals surface area contributed by atoms with Gasteiger partial charge in [-0.15, -0.1) is 0 Å². The minimum atomic E-state index is -4.46. The molecular weight excluding hydrogens is 361 g/mol. The lowest BCUT2D eigenvalue weighted by molar-refractivity contribution is -0.137. The fourth-order valence-electron chi connectivity index (χ4n) is 2.97. The highest BCUT2D eigenvalue weighted by Gasteiger charge is 2.32. The number of alkyl halides is 3. The van der Waals surface area contributed by atoms with E-state index in [1.54, 1.807) is 28.8 Å². The Labute approximate surface area is 152 Å². The van der Waals surface area contributed by atoms with E-state index in [0.717, 1.165) is 17.8 Å². The van der Waals surface area contributed by atoms with Crippen LogP contribution in [0.1, 0.15) is 5.56 Å². The van der Waals surface area contributed by atoms with Gasteiger partial charge in [0.15, 0.2) is 0 Å². The first-order valence-electron chi connectivity index (χ1n) is 7.83. The average molecular weight is 373 g/mol. The Kier molecular flexibility index (Phi) is 3.96. The van der Waals surface area contributed by atoms with Gasteiger partial charge in [-0.1, -0.05) is 41.9 Å². The second-order valence-electron chi connectivity index (χ2n) is 5.85. The second kappa shape index (κ2) is 6.18. The lowest BCUT2D eigenvalue weighted by atomic mass is 10.0. The molecule has 26 heavy (non-hydrogen) atoms. The van der Waals surface area contributed by atoms with E-state index in [9.17, 15) is 13.2 Å². The van der Waals surface area contributed by atoms with Crippen LogP contribution in [0, 0.1) is 0 Å². The summed E-state index contributed by atoms with van der Waals surface area (Å²) >= 11 is 6.06. The van der Waals surface area contributed by atoms with Crippen molar-refractivity contribution in [3.8, 4) is 16.8 Å². The maximum Gasteiger partial charge on any atom is 0.416 e. The average Bonchev–Trinajstić information content (AvgIpc) is 3.05. The minimum Gasteiger partial charge on any atom is -0.298 e. The van der Waals surface area contributed by atoms with Crippen LogP contribution in [0.3, 0.4) is 0 Å². The van der Waals surface area contributed by atoms with Crippen LogP contribution >= 0.6 is 11.6 Å². The molecule has 2 nitrogen and oxygen atoms in total. The third-order valence-electron chi connectivity index (χ3n) is 4.14. The van der Waals surface area contributed by atoms with E-state index >= 15 is 0 Å². The number of hydrogen-bond acceptors (Lipinski definition) is 1. The number of aromatic nitrogens is 2. The van der Waals surface area contributed by atoms with Gasteiger partial charge in [-0.2, -0.15) is 13.2 Å². The third kappa shape index (κ3) is 2.95. The molecule has 0 bridgehead atoms. The highest BCUT2D eigenvalue weighted by molar-refractivity contribution is 6.30. The fourth-order valence-corrected chi connectivity index (χ4v) is 3.16. The summed E-state index contributed by atoms with van der Waals surface area (Å²) in [6, 6.07) is 18.4. The molecule has 0 fully saturated rings. The zero-order chi connectivity index (χ0) is 18.3. The first kappa shape index (κ1) is 16.7. The molecule has 130 valence electrons. The van der Waals surface area contributed by atoms with Crippen molar-refractivity contribution in [2.24, 2.45) is 0 Å². The molecule has 0 aliphatic rings. The van der Waals surface area contributed by atoms with Gasteiger partial charge in [-0.3, -0.25) is 4.57 Å². The van der Waals surface area contributed by atoms with Crippen molar-refractivity contribution >= 4 is 22.6 Å². The van der Waals surface area contributed by atoms with Crippen LogP contribution in [0.5, 0.6) is 0 Å². The molecule has 4 rings (SSSR count). The quantitative estimate of drug-likeness (QED) is 0.400. The summed E-state index contributed by atoms with van der Waals surface area (Å²) < 4.78 is 41.9. The number of rotatable bonds is 2. The topological polar surface area (TPSA) is 17.8 Å². The molecule has 1 aromatic heterocycles. The van der Waals surface area contributed by atoms with Crippen LogP contribution in [0.4, 0.5) is 13.2 Å². The Morgan fingerprint density at radius 2 is 1.65 bits per heavy atom. The molecule has 0 saturated heterocycles. The van der Waals surface area contributed by atoms with Crippen molar-refractivity contribution in [2.45, 2.75) is 6.18 Å². The predicted octanol–water partition coefficient (Wildman–Crippen LogP) is 6.36. The Balaban J connectivity index is 2.07. The summed E-state index contributed by atoms with van der Waals surface area (Å²) in [6.07, 6.45) is -2.92. The zero-order valence-electron chi connectivity index (χ0n) is 13.3. The third-order valence-corrected chi connectivity index (χ3v) is 4.38. The number of benzene rings is 3. The standard InChI is InChI=1S/C20H12ClF3N2/c21-15-6-4-5-13(9-15)17-10-14(20(22,23)24)11-18-19(17)26(12-25-18)16-7-2-1-3-8-16/h1-12H. The van der Waals surface area contributed by atoms with Gasteiger partial charge in [0, 0.05) is 16.3 Å². The predicted molar refractivity (Wildman–Crippen MR) is 96.5 cm³/mol. The van der Waals surface area contributed by atoms with Crippen molar-refractivity contribution in [1.82, 2.24) is 9.55 Å². The molecule has 0 N–H and O–H groups in total. The van der Waals surface area contributed by atoms with Crippen LogP contribution in [-0.2, 0) is 6.18 Å². The van der Waals surface area contributed by atoms with Gasteiger partial charge in [0.1, 0.15) is 6.33 Å². The van der Waals surface area contributed by atoms with Crippen molar-refractivity contribution < 1.29 is 13.2 Å². The summed E-state index contributed by atoms with van der Waals surface area (Å²) in [4.78, 5) is 4.21. The Morgan fingerprint density at radius 3 is 2.35 bits per heavy atom. The van der Waals surface area contributed by atoms with Gasteiger partial charge >= 0.3 is 6.18 Å². The molecule has 0 atom stereocenters. The lowest BCUT2D eigenvalue weighted by Gasteiger charge is -2.13. The van der Waals surface area contributed by atoms with E-state index in [1.165, 1.54) is 6.33 Å². The summed E-state index contributed by atoms with van der Waals surface area (Å²) in [5, 5.41) is 0.457. The molecular formula is C20H12ClF3N2. The highest BCUT2D eigenvalue weighted by Crippen LogP contribution is 2.38. The normalized spacial score (nSPS) is 11.8. The minimum absolute atomic E-state index is 0.277. The van der Waals surface area contributed by atoms with E-state index in [-0.39, 0.29) is 5.52 Å². The first-order chi connectivity index (χ1) is 12.4. The molecule has 0 spiro atoms. The van der Waals surface area contributed by atoms with Crippen LogP contribution in [0.25, 0.3) is 27.8 Å². The fraction of sp³-hybridized carbons (Fsp3) is 0.0500. The van der Waals surface area contributed by atoms with E-state index in [0.29, 0.717) is 21.7 Å². The summed E-state index contributed by atoms with van der Waals surface area (Å²) in [5.74, 6) is 0. The number of nitrogens with zero attached hydrogens (tertiary/aromatic N) is 2. The Morgan fingerprint density at radius 1 is 0.885 bits per heavy atom.